The molecule has 5 rings (SSSR count). The van der Waals surface area contributed by atoms with Gasteiger partial charge in [-0.3, -0.25) is 9.69 Å². The van der Waals surface area contributed by atoms with Crippen molar-refractivity contribution in [3.8, 4) is 0 Å². The van der Waals surface area contributed by atoms with E-state index in [2.05, 4.69) is 4.57 Å². The molecule has 34 heavy (non-hydrogen) atoms. The van der Waals surface area contributed by atoms with Gasteiger partial charge in [0.05, 0.1) is 35.9 Å². The first-order valence-electron chi connectivity index (χ1n) is 12.7. The van der Waals surface area contributed by atoms with Crippen molar-refractivity contribution < 1.29 is 24.2 Å². The van der Waals surface area contributed by atoms with E-state index in [1.165, 1.54) is 20.0 Å². The van der Waals surface area contributed by atoms with Crippen molar-refractivity contribution >= 4 is 28.8 Å². The van der Waals surface area contributed by atoms with Crippen LogP contribution in [-0.4, -0.2) is 46.0 Å². The van der Waals surface area contributed by atoms with E-state index in [9.17, 15) is 14.7 Å². The molecule has 0 bridgehead atoms. The maximum atomic E-state index is 12.5. The van der Waals surface area contributed by atoms with Gasteiger partial charge in [-0.2, -0.15) is 0 Å². The highest BCUT2D eigenvalue weighted by Gasteiger charge is 2.34. The van der Waals surface area contributed by atoms with Gasteiger partial charge in [0.2, 0.25) is 0 Å². The summed E-state index contributed by atoms with van der Waals surface area (Å²) in [5.74, 6) is -0.166. The molecule has 0 unspecified atom stereocenters. The van der Waals surface area contributed by atoms with Crippen LogP contribution in [-0.2, 0) is 27.3 Å². The van der Waals surface area contributed by atoms with Gasteiger partial charge in [-0.05, 0) is 64.0 Å². The van der Waals surface area contributed by atoms with Crippen LogP contribution in [0.1, 0.15) is 82.1 Å². The van der Waals surface area contributed by atoms with Gasteiger partial charge >= 0.3 is 12.1 Å². The number of carbonyl (C=O) groups is 2. The standard InChI is InChI=1S/C26H35N3O5/c1-16-10-11-20-21(28(16)26(32)33-2)12-13-22-24(20)27-23(15-34-19-8-3-4-9-19)29(22)18-7-5-6-17(14-18)25(30)31/h12-13,16-19H,3-11,14-15H2,1-2H3,(H,30,31)/t16-,17+,18+/m0/s1. The summed E-state index contributed by atoms with van der Waals surface area (Å²) in [6.45, 7) is 2.47. The first-order valence-corrected chi connectivity index (χ1v) is 12.7. The Morgan fingerprint density at radius 3 is 2.65 bits per heavy atom. The molecule has 0 radical (unpaired) electrons. The molecule has 2 saturated carbocycles. The summed E-state index contributed by atoms with van der Waals surface area (Å²) < 4.78 is 13.6. The van der Waals surface area contributed by atoms with Crippen LogP contribution in [0.3, 0.4) is 0 Å². The summed E-state index contributed by atoms with van der Waals surface area (Å²) in [7, 11) is 1.41. The number of imidazole rings is 1. The Balaban J connectivity index is 1.57. The van der Waals surface area contributed by atoms with E-state index >= 15 is 0 Å². The van der Waals surface area contributed by atoms with Gasteiger partial charge in [0, 0.05) is 17.6 Å². The van der Waals surface area contributed by atoms with Crippen molar-refractivity contribution in [2.45, 2.75) is 95.9 Å². The number of anilines is 1. The minimum Gasteiger partial charge on any atom is -0.481 e. The van der Waals surface area contributed by atoms with Gasteiger partial charge in [0.25, 0.3) is 0 Å². The van der Waals surface area contributed by atoms with Gasteiger partial charge < -0.3 is 19.1 Å². The fourth-order valence-electron chi connectivity index (χ4n) is 6.20. The number of benzene rings is 1. The Morgan fingerprint density at radius 2 is 1.91 bits per heavy atom. The van der Waals surface area contributed by atoms with Gasteiger partial charge in [-0.25, -0.2) is 9.78 Å². The lowest BCUT2D eigenvalue weighted by atomic mass is 9.85. The number of aryl methyl sites for hydroxylation is 1. The van der Waals surface area contributed by atoms with Crippen molar-refractivity contribution in [2.75, 3.05) is 12.0 Å². The van der Waals surface area contributed by atoms with Crippen LogP contribution in [0.5, 0.6) is 0 Å². The molecule has 2 fully saturated rings. The maximum Gasteiger partial charge on any atom is 0.414 e. The second-order valence-corrected chi connectivity index (χ2v) is 10.1. The summed E-state index contributed by atoms with van der Waals surface area (Å²) in [4.78, 5) is 31.1. The largest absolute Gasteiger partial charge is 0.481 e. The molecule has 184 valence electrons. The molecule has 2 aromatic rings. The fourth-order valence-corrected chi connectivity index (χ4v) is 6.20. The summed E-state index contributed by atoms with van der Waals surface area (Å²) in [6.07, 6.45) is 9.36. The molecule has 3 aliphatic rings. The second-order valence-electron chi connectivity index (χ2n) is 10.1. The number of ether oxygens (including phenoxy) is 2. The number of hydrogen-bond donors (Lipinski definition) is 1. The fraction of sp³-hybridized carbons (Fsp3) is 0.654. The minimum atomic E-state index is -0.710. The predicted octanol–water partition coefficient (Wildman–Crippen LogP) is 5.22. The number of amides is 1. The zero-order valence-corrected chi connectivity index (χ0v) is 20.2. The Hall–Kier alpha value is -2.61. The lowest BCUT2D eigenvalue weighted by Crippen LogP contribution is -2.42. The first kappa shape index (κ1) is 23.1. The zero-order chi connectivity index (χ0) is 23.8. The van der Waals surface area contributed by atoms with E-state index < -0.39 is 5.97 Å². The van der Waals surface area contributed by atoms with Gasteiger partial charge in [0.15, 0.2) is 0 Å². The number of aliphatic carboxylic acids is 1. The van der Waals surface area contributed by atoms with E-state index in [-0.39, 0.29) is 30.2 Å². The number of fused-ring (bicyclic) bond motifs is 3. The Kier molecular flexibility index (Phi) is 6.51. The summed E-state index contributed by atoms with van der Waals surface area (Å²) in [6, 6.07) is 4.18. The third-order valence-corrected chi connectivity index (χ3v) is 8.01. The van der Waals surface area contributed by atoms with Crippen LogP contribution in [0.4, 0.5) is 10.5 Å². The number of carboxylic acids is 1. The number of aromatic nitrogens is 2. The topological polar surface area (TPSA) is 93.9 Å². The predicted molar refractivity (Wildman–Crippen MR) is 128 cm³/mol. The molecule has 0 saturated heterocycles. The van der Waals surface area contributed by atoms with Crippen molar-refractivity contribution in [1.29, 1.82) is 0 Å². The van der Waals surface area contributed by atoms with Gasteiger partial charge in [-0.15, -0.1) is 0 Å². The number of carboxylic acid groups (broad SMARTS) is 1. The Labute approximate surface area is 200 Å². The lowest BCUT2D eigenvalue weighted by molar-refractivity contribution is -0.143. The van der Waals surface area contributed by atoms with E-state index in [0.29, 0.717) is 13.0 Å². The average Bonchev–Trinajstić information content (AvgIpc) is 3.49. The zero-order valence-electron chi connectivity index (χ0n) is 20.2. The minimum absolute atomic E-state index is 0.0549. The monoisotopic (exact) mass is 469 g/mol. The molecule has 8 heteroatoms. The smallest absolute Gasteiger partial charge is 0.414 e. The quantitative estimate of drug-likeness (QED) is 0.645. The molecule has 2 aliphatic carbocycles. The second kappa shape index (κ2) is 9.56. The Morgan fingerprint density at radius 1 is 1.12 bits per heavy atom. The SMILES string of the molecule is COC(=O)N1c2ccc3c(nc(COC4CCCC4)n3[C@@H]3CCC[C@@H](C(=O)O)C3)c2CC[C@@H]1C. The van der Waals surface area contributed by atoms with E-state index in [1.807, 2.05) is 19.1 Å². The molecule has 0 spiro atoms. The Bertz CT molecular complexity index is 1070. The first-order chi connectivity index (χ1) is 16.5. The van der Waals surface area contributed by atoms with Gasteiger partial charge in [-0.1, -0.05) is 19.3 Å². The molecule has 8 nitrogen and oxygen atoms in total. The highest BCUT2D eigenvalue weighted by Crippen LogP contribution is 2.40. The number of hydrogen-bond acceptors (Lipinski definition) is 5. The van der Waals surface area contributed by atoms with E-state index in [0.717, 1.165) is 73.1 Å². The number of nitrogens with zero attached hydrogens (tertiary/aromatic N) is 3. The molecular weight excluding hydrogens is 434 g/mol. The summed E-state index contributed by atoms with van der Waals surface area (Å²) >= 11 is 0. The molecule has 1 N–H and O–H groups in total. The van der Waals surface area contributed by atoms with Crippen LogP contribution in [0.25, 0.3) is 11.0 Å². The molecule has 1 aromatic heterocycles. The number of carbonyl (C=O) groups excluding carboxylic acids is 1. The van der Waals surface area contributed by atoms with Gasteiger partial charge in [0.1, 0.15) is 12.4 Å². The molecule has 1 amide bonds. The highest BCUT2D eigenvalue weighted by atomic mass is 16.5. The van der Waals surface area contributed by atoms with Crippen molar-refractivity contribution in [3.63, 3.8) is 0 Å². The third kappa shape index (κ3) is 4.17. The third-order valence-electron chi connectivity index (χ3n) is 8.01. The maximum absolute atomic E-state index is 12.5. The summed E-state index contributed by atoms with van der Waals surface area (Å²) in [5.41, 5.74) is 3.84. The van der Waals surface area contributed by atoms with Crippen LogP contribution < -0.4 is 4.90 Å². The van der Waals surface area contributed by atoms with Crippen LogP contribution in [0.15, 0.2) is 12.1 Å². The van der Waals surface area contributed by atoms with Crippen molar-refractivity contribution in [2.24, 2.45) is 5.92 Å². The van der Waals surface area contributed by atoms with E-state index in [1.54, 1.807) is 4.90 Å². The molecule has 1 aromatic carbocycles. The van der Waals surface area contributed by atoms with E-state index in [4.69, 9.17) is 14.5 Å². The van der Waals surface area contributed by atoms with Crippen molar-refractivity contribution in [1.82, 2.24) is 9.55 Å². The molecule has 2 heterocycles. The normalized spacial score (nSPS) is 25.5. The molecular formula is C26H35N3O5. The average molecular weight is 470 g/mol. The van der Waals surface area contributed by atoms with Crippen LogP contribution in [0, 0.1) is 5.92 Å². The van der Waals surface area contributed by atoms with Crippen LogP contribution in [0.2, 0.25) is 0 Å². The van der Waals surface area contributed by atoms with Crippen LogP contribution >= 0.6 is 0 Å². The number of rotatable bonds is 5. The lowest BCUT2D eigenvalue weighted by Gasteiger charge is -2.34. The number of methoxy groups -OCH3 is 1. The molecule has 1 aliphatic heterocycles. The van der Waals surface area contributed by atoms with Crippen molar-refractivity contribution in [3.05, 3.63) is 23.5 Å². The highest BCUT2D eigenvalue weighted by molar-refractivity contribution is 5.95. The molecule has 3 atom stereocenters. The summed E-state index contributed by atoms with van der Waals surface area (Å²) in [5, 5.41) is 9.67.